The quantitative estimate of drug-likeness (QED) is 0.746. The number of esters is 1. The average Bonchev–Trinajstić information content (AvgIpc) is 2.10. The first-order chi connectivity index (χ1) is 6.06. The molecule has 15 heavy (non-hydrogen) atoms. The lowest BCUT2D eigenvalue weighted by molar-refractivity contribution is -0.142. The van der Waals surface area contributed by atoms with Crippen LogP contribution in [-0.2, 0) is 9.53 Å². The Bertz CT molecular complexity index is 195. The minimum atomic E-state index is -0.334. The molecule has 92 valence electrons. The molecular weight excluding hydrogens is 239 g/mol. The summed E-state index contributed by atoms with van der Waals surface area (Å²) in [6, 6.07) is 0. The monoisotopic (exact) mass is 258 g/mol. The predicted molar refractivity (Wildman–Crippen MR) is 64.8 cm³/mol. The van der Waals surface area contributed by atoms with Crippen molar-refractivity contribution in [3.8, 4) is 0 Å². The van der Waals surface area contributed by atoms with Gasteiger partial charge in [0, 0.05) is 5.54 Å². The van der Waals surface area contributed by atoms with Crippen molar-refractivity contribution < 1.29 is 9.53 Å². The number of methoxy groups -OCH3 is 1. The maximum atomic E-state index is 11.1. The highest BCUT2D eigenvalue weighted by Gasteiger charge is 2.31. The normalized spacial score (nSPS) is 19.7. The third-order valence-electron chi connectivity index (χ3n) is 2.71. The Morgan fingerprint density at radius 1 is 1.40 bits per heavy atom. The van der Waals surface area contributed by atoms with Crippen LogP contribution in [0.2, 0.25) is 0 Å². The Hall–Kier alpha value is -0.0300. The van der Waals surface area contributed by atoms with Crippen LogP contribution >= 0.6 is 24.8 Å². The predicted octanol–water partition coefficient (Wildman–Crippen LogP) is 0.816. The number of carbonyl (C=O) groups is 1. The van der Waals surface area contributed by atoms with E-state index in [2.05, 4.69) is 16.7 Å². The number of halogens is 2. The van der Waals surface area contributed by atoms with Crippen LogP contribution in [0.3, 0.4) is 0 Å². The first kappa shape index (κ1) is 17.4. The molecule has 0 radical (unpaired) electrons. The lowest BCUT2D eigenvalue weighted by Gasteiger charge is -2.36. The van der Waals surface area contributed by atoms with Crippen molar-refractivity contribution in [3.05, 3.63) is 0 Å². The van der Waals surface area contributed by atoms with E-state index >= 15 is 0 Å². The van der Waals surface area contributed by atoms with Crippen LogP contribution in [0.15, 0.2) is 0 Å². The van der Waals surface area contributed by atoms with Crippen LogP contribution in [0.5, 0.6) is 0 Å². The molecule has 0 atom stereocenters. The van der Waals surface area contributed by atoms with Gasteiger partial charge in [0.1, 0.15) is 0 Å². The molecular formula is C9H20Cl2N2O2. The molecule has 0 saturated carbocycles. The summed E-state index contributed by atoms with van der Waals surface area (Å²) in [5.41, 5.74) is 5.74. The zero-order valence-corrected chi connectivity index (χ0v) is 10.8. The van der Waals surface area contributed by atoms with Gasteiger partial charge in [-0.2, -0.15) is 0 Å². The molecule has 0 aliphatic carbocycles. The third-order valence-corrected chi connectivity index (χ3v) is 2.71. The summed E-state index contributed by atoms with van der Waals surface area (Å²) >= 11 is 0. The summed E-state index contributed by atoms with van der Waals surface area (Å²) in [5, 5.41) is 0. The van der Waals surface area contributed by atoms with Gasteiger partial charge in [-0.05, 0) is 33.0 Å². The highest BCUT2D eigenvalue weighted by atomic mass is 35.5. The van der Waals surface area contributed by atoms with Crippen molar-refractivity contribution >= 4 is 30.8 Å². The van der Waals surface area contributed by atoms with Gasteiger partial charge in [0.05, 0.1) is 13.5 Å². The molecule has 1 rings (SSSR count). The molecule has 1 saturated heterocycles. The van der Waals surface area contributed by atoms with Gasteiger partial charge in [0.25, 0.3) is 0 Å². The van der Waals surface area contributed by atoms with Gasteiger partial charge in [0.2, 0.25) is 0 Å². The van der Waals surface area contributed by atoms with Gasteiger partial charge < -0.3 is 15.4 Å². The van der Waals surface area contributed by atoms with Gasteiger partial charge in [-0.1, -0.05) is 0 Å². The summed E-state index contributed by atoms with van der Waals surface area (Å²) < 4.78 is 4.61. The highest BCUT2D eigenvalue weighted by molar-refractivity contribution is 5.85. The maximum absolute atomic E-state index is 11.1. The molecule has 2 N–H and O–H groups in total. The Labute approximate surface area is 103 Å². The molecule has 0 aromatic rings. The summed E-state index contributed by atoms with van der Waals surface area (Å²) in [5.74, 6) is -0.202. The van der Waals surface area contributed by atoms with Crippen molar-refractivity contribution in [2.75, 3.05) is 27.2 Å². The summed E-state index contributed by atoms with van der Waals surface area (Å²) in [6.45, 7) is 1.93. The van der Waals surface area contributed by atoms with Crippen molar-refractivity contribution in [1.29, 1.82) is 0 Å². The number of ether oxygens (including phenoxy) is 1. The van der Waals surface area contributed by atoms with E-state index in [-0.39, 0.29) is 36.3 Å². The molecule has 1 fully saturated rings. The zero-order valence-electron chi connectivity index (χ0n) is 9.19. The second-order valence-electron chi connectivity index (χ2n) is 3.92. The molecule has 0 unspecified atom stereocenters. The number of rotatable bonds is 2. The van der Waals surface area contributed by atoms with Crippen LogP contribution < -0.4 is 5.73 Å². The molecule has 1 heterocycles. The fourth-order valence-electron chi connectivity index (χ4n) is 1.60. The van der Waals surface area contributed by atoms with E-state index in [0.717, 1.165) is 25.9 Å². The first-order valence-electron chi connectivity index (χ1n) is 4.60. The molecule has 4 nitrogen and oxygen atoms in total. The Morgan fingerprint density at radius 2 is 1.87 bits per heavy atom. The smallest absolute Gasteiger partial charge is 0.307 e. The molecule has 6 heteroatoms. The van der Waals surface area contributed by atoms with Crippen LogP contribution in [-0.4, -0.2) is 43.7 Å². The molecule has 0 aromatic carbocycles. The van der Waals surface area contributed by atoms with Gasteiger partial charge in [-0.3, -0.25) is 4.79 Å². The highest BCUT2D eigenvalue weighted by Crippen LogP contribution is 2.22. The molecule has 0 bridgehead atoms. The number of carbonyl (C=O) groups excluding carboxylic acids is 1. The summed E-state index contributed by atoms with van der Waals surface area (Å²) in [6.07, 6.45) is 2.09. The third kappa shape index (κ3) is 5.56. The van der Waals surface area contributed by atoms with E-state index in [4.69, 9.17) is 5.73 Å². The number of hydrogen-bond acceptors (Lipinski definition) is 4. The molecule has 1 aliphatic rings. The number of nitrogens with two attached hydrogens (primary N) is 1. The van der Waals surface area contributed by atoms with E-state index in [9.17, 15) is 4.79 Å². The fourth-order valence-corrected chi connectivity index (χ4v) is 1.60. The molecule has 0 aromatic heterocycles. The van der Waals surface area contributed by atoms with Gasteiger partial charge in [0.15, 0.2) is 0 Å². The SMILES string of the molecule is COC(=O)CC1(N)CCN(C)CC1.Cl.Cl. The first-order valence-corrected chi connectivity index (χ1v) is 4.60. The average molecular weight is 259 g/mol. The maximum Gasteiger partial charge on any atom is 0.307 e. The van der Waals surface area contributed by atoms with E-state index in [0.29, 0.717) is 6.42 Å². The standard InChI is InChI=1S/C9H18N2O2.2ClH/c1-11-5-3-9(10,4-6-11)7-8(12)13-2;;/h3-7,10H2,1-2H3;2*1H. The van der Waals surface area contributed by atoms with Crippen LogP contribution in [0.4, 0.5) is 0 Å². The Balaban J connectivity index is 0. The van der Waals surface area contributed by atoms with Crippen molar-refractivity contribution in [2.45, 2.75) is 24.8 Å². The number of hydrogen-bond donors (Lipinski definition) is 1. The van der Waals surface area contributed by atoms with Crippen LogP contribution in [0.1, 0.15) is 19.3 Å². The number of piperidine rings is 1. The van der Waals surface area contributed by atoms with E-state index in [1.807, 2.05) is 0 Å². The molecule has 0 amide bonds. The fraction of sp³-hybridized carbons (Fsp3) is 0.889. The van der Waals surface area contributed by atoms with Gasteiger partial charge in [-0.25, -0.2) is 0 Å². The van der Waals surface area contributed by atoms with Crippen LogP contribution in [0, 0.1) is 0 Å². The second-order valence-corrected chi connectivity index (χ2v) is 3.92. The Kier molecular flexibility index (Phi) is 8.43. The van der Waals surface area contributed by atoms with Crippen molar-refractivity contribution in [3.63, 3.8) is 0 Å². The lowest BCUT2D eigenvalue weighted by atomic mass is 9.86. The van der Waals surface area contributed by atoms with Crippen molar-refractivity contribution in [2.24, 2.45) is 5.73 Å². The topological polar surface area (TPSA) is 55.6 Å². The van der Waals surface area contributed by atoms with Gasteiger partial charge in [-0.15, -0.1) is 24.8 Å². The molecule has 0 spiro atoms. The molecule has 1 aliphatic heterocycles. The van der Waals surface area contributed by atoms with Gasteiger partial charge >= 0.3 is 5.97 Å². The summed E-state index contributed by atoms with van der Waals surface area (Å²) in [7, 11) is 3.47. The van der Waals surface area contributed by atoms with Crippen LogP contribution in [0.25, 0.3) is 0 Å². The Morgan fingerprint density at radius 3 is 2.27 bits per heavy atom. The van der Waals surface area contributed by atoms with E-state index in [1.54, 1.807) is 0 Å². The zero-order chi connectivity index (χ0) is 9.90. The van der Waals surface area contributed by atoms with E-state index in [1.165, 1.54) is 7.11 Å². The van der Waals surface area contributed by atoms with Crippen molar-refractivity contribution in [1.82, 2.24) is 4.90 Å². The van der Waals surface area contributed by atoms with E-state index < -0.39 is 0 Å². The summed E-state index contributed by atoms with van der Waals surface area (Å²) in [4.78, 5) is 13.3. The lowest BCUT2D eigenvalue weighted by Crippen LogP contribution is -2.50. The minimum absolute atomic E-state index is 0. The largest absolute Gasteiger partial charge is 0.469 e. The second kappa shape index (κ2) is 7.28. The number of likely N-dealkylation sites (tertiary alicyclic amines) is 1. The minimum Gasteiger partial charge on any atom is -0.469 e. The number of nitrogens with zero attached hydrogens (tertiary/aromatic N) is 1.